The summed E-state index contributed by atoms with van der Waals surface area (Å²) in [6.45, 7) is 5.49. The molecule has 0 radical (unpaired) electrons. The van der Waals surface area contributed by atoms with Gasteiger partial charge in [-0.05, 0) is 51.2 Å². The molecule has 1 aromatic rings. The molecule has 1 aromatic carbocycles. The number of rotatable bonds is 4. The van der Waals surface area contributed by atoms with Crippen molar-refractivity contribution < 1.29 is 18.3 Å². The molecule has 6 heteroatoms. The SMILES string of the molecule is Cc1cc(C)c(S(=O)(=O)NC2CCC(C(=O)O)C2)c(C)c1. The average Bonchev–Trinajstić information content (AvgIpc) is 2.74. The second-order valence-corrected chi connectivity index (χ2v) is 7.55. The van der Waals surface area contributed by atoms with Crippen molar-refractivity contribution in [2.75, 3.05) is 0 Å². The molecule has 0 aromatic heterocycles. The van der Waals surface area contributed by atoms with Crippen molar-refractivity contribution in [3.05, 3.63) is 28.8 Å². The van der Waals surface area contributed by atoms with Crippen LogP contribution in [0.15, 0.2) is 17.0 Å². The Hall–Kier alpha value is -1.40. The number of hydrogen-bond acceptors (Lipinski definition) is 3. The molecule has 2 N–H and O–H groups in total. The van der Waals surface area contributed by atoms with Crippen molar-refractivity contribution >= 4 is 16.0 Å². The van der Waals surface area contributed by atoms with Gasteiger partial charge < -0.3 is 5.11 Å². The molecule has 0 aliphatic heterocycles. The smallest absolute Gasteiger partial charge is 0.306 e. The number of hydrogen-bond donors (Lipinski definition) is 2. The molecule has 21 heavy (non-hydrogen) atoms. The number of sulfonamides is 1. The Kier molecular flexibility index (Phi) is 4.39. The summed E-state index contributed by atoms with van der Waals surface area (Å²) in [5.41, 5.74) is 2.45. The van der Waals surface area contributed by atoms with Gasteiger partial charge in [-0.1, -0.05) is 17.7 Å². The van der Waals surface area contributed by atoms with E-state index in [0.717, 1.165) is 5.56 Å². The largest absolute Gasteiger partial charge is 0.481 e. The maximum Gasteiger partial charge on any atom is 0.306 e. The average molecular weight is 311 g/mol. The first-order valence-electron chi connectivity index (χ1n) is 7.03. The lowest BCUT2D eigenvalue weighted by Crippen LogP contribution is -2.34. The highest BCUT2D eigenvalue weighted by Crippen LogP contribution is 2.28. The van der Waals surface area contributed by atoms with Crippen LogP contribution in [0.2, 0.25) is 0 Å². The van der Waals surface area contributed by atoms with E-state index < -0.39 is 21.9 Å². The minimum absolute atomic E-state index is 0.295. The zero-order valence-electron chi connectivity index (χ0n) is 12.5. The second-order valence-electron chi connectivity index (χ2n) is 5.89. The molecular formula is C15H21NO4S. The van der Waals surface area contributed by atoms with Gasteiger partial charge >= 0.3 is 5.97 Å². The minimum Gasteiger partial charge on any atom is -0.481 e. The Bertz CT molecular complexity index is 643. The molecule has 2 unspecified atom stereocenters. The van der Waals surface area contributed by atoms with Crippen LogP contribution in [0.1, 0.15) is 36.0 Å². The van der Waals surface area contributed by atoms with Crippen LogP contribution < -0.4 is 4.72 Å². The fourth-order valence-electron chi connectivity index (χ4n) is 3.18. The van der Waals surface area contributed by atoms with Crippen molar-refractivity contribution in [2.24, 2.45) is 5.92 Å². The third-order valence-electron chi connectivity index (χ3n) is 3.98. The quantitative estimate of drug-likeness (QED) is 0.892. The summed E-state index contributed by atoms with van der Waals surface area (Å²) >= 11 is 0. The van der Waals surface area contributed by atoms with Crippen molar-refractivity contribution in [2.45, 2.75) is 51.0 Å². The molecule has 116 valence electrons. The summed E-state index contributed by atoms with van der Waals surface area (Å²) in [5.74, 6) is -1.29. The van der Waals surface area contributed by atoms with Gasteiger partial charge in [0.05, 0.1) is 10.8 Å². The van der Waals surface area contributed by atoms with Crippen LogP contribution in [0.4, 0.5) is 0 Å². The first-order chi connectivity index (χ1) is 9.70. The van der Waals surface area contributed by atoms with Gasteiger partial charge in [-0.25, -0.2) is 13.1 Å². The van der Waals surface area contributed by atoms with Gasteiger partial charge in [0.2, 0.25) is 10.0 Å². The van der Waals surface area contributed by atoms with Gasteiger partial charge in [-0.2, -0.15) is 0 Å². The summed E-state index contributed by atoms with van der Waals surface area (Å²) in [7, 11) is -3.61. The van der Waals surface area contributed by atoms with Gasteiger partial charge in [0.15, 0.2) is 0 Å². The van der Waals surface area contributed by atoms with Gasteiger partial charge in [0.1, 0.15) is 0 Å². The van der Waals surface area contributed by atoms with Crippen molar-refractivity contribution in [1.82, 2.24) is 4.72 Å². The second kappa shape index (κ2) is 5.77. The fraction of sp³-hybridized carbons (Fsp3) is 0.533. The minimum atomic E-state index is -3.61. The summed E-state index contributed by atoms with van der Waals surface area (Å²) in [5, 5.41) is 8.99. The highest BCUT2D eigenvalue weighted by atomic mass is 32.2. The number of carboxylic acids is 1. The fourth-order valence-corrected chi connectivity index (χ4v) is 4.92. The molecular weight excluding hydrogens is 290 g/mol. The Morgan fingerprint density at radius 3 is 2.24 bits per heavy atom. The van der Waals surface area contributed by atoms with Crippen molar-refractivity contribution in [3.63, 3.8) is 0 Å². The van der Waals surface area contributed by atoms with Crippen LogP contribution in [0.5, 0.6) is 0 Å². The van der Waals surface area contributed by atoms with Gasteiger partial charge in [-0.3, -0.25) is 4.79 Å². The molecule has 2 rings (SSSR count). The number of nitrogens with one attached hydrogen (secondary N) is 1. The molecule has 1 aliphatic carbocycles. The normalized spacial score (nSPS) is 22.4. The zero-order chi connectivity index (χ0) is 15.8. The standard InChI is InChI=1S/C15H21NO4S/c1-9-6-10(2)14(11(3)7-9)21(19,20)16-13-5-4-12(8-13)15(17)18/h6-7,12-13,16H,4-5,8H2,1-3H3,(H,17,18). The van der Waals surface area contributed by atoms with E-state index in [9.17, 15) is 13.2 Å². The van der Waals surface area contributed by atoms with Gasteiger partial charge in [0.25, 0.3) is 0 Å². The van der Waals surface area contributed by atoms with E-state index in [1.165, 1.54) is 0 Å². The van der Waals surface area contributed by atoms with E-state index in [0.29, 0.717) is 35.3 Å². The Morgan fingerprint density at radius 1 is 1.19 bits per heavy atom. The number of carbonyl (C=O) groups is 1. The number of aliphatic carboxylic acids is 1. The highest BCUT2D eigenvalue weighted by molar-refractivity contribution is 7.89. The maximum atomic E-state index is 12.6. The monoisotopic (exact) mass is 311 g/mol. The van der Waals surface area contributed by atoms with Crippen LogP contribution in [-0.4, -0.2) is 25.5 Å². The Morgan fingerprint density at radius 2 is 1.76 bits per heavy atom. The summed E-state index contributed by atoms with van der Waals surface area (Å²) in [4.78, 5) is 11.3. The summed E-state index contributed by atoms with van der Waals surface area (Å²) in [6.07, 6.45) is 1.45. The third kappa shape index (κ3) is 3.44. The zero-order valence-corrected chi connectivity index (χ0v) is 13.3. The number of carboxylic acid groups (broad SMARTS) is 1. The van der Waals surface area contributed by atoms with Crippen LogP contribution in [0, 0.1) is 26.7 Å². The first-order valence-corrected chi connectivity index (χ1v) is 8.52. The molecule has 0 spiro atoms. The van der Waals surface area contributed by atoms with Crippen molar-refractivity contribution in [1.29, 1.82) is 0 Å². The van der Waals surface area contributed by atoms with Gasteiger partial charge in [0, 0.05) is 6.04 Å². The topological polar surface area (TPSA) is 83.5 Å². The molecule has 0 amide bonds. The van der Waals surface area contributed by atoms with E-state index in [1.807, 2.05) is 19.1 Å². The maximum absolute atomic E-state index is 12.6. The van der Waals surface area contributed by atoms with Crippen LogP contribution >= 0.6 is 0 Å². The van der Waals surface area contributed by atoms with Crippen LogP contribution in [0.25, 0.3) is 0 Å². The van der Waals surface area contributed by atoms with E-state index in [1.54, 1.807) is 13.8 Å². The first kappa shape index (κ1) is 16.0. The molecule has 5 nitrogen and oxygen atoms in total. The molecule has 1 fully saturated rings. The third-order valence-corrected chi connectivity index (χ3v) is 5.80. The predicted molar refractivity (Wildman–Crippen MR) is 79.7 cm³/mol. The molecule has 0 bridgehead atoms. The van der Waals surface area contributed by atoms with Crippen LogP contribution in [0.3, 0.4) is 0 Å². The predicted octanol–water partition coefficient (Wildman–Crippen LogP) is 2.14. The molecule has 1 aliphatic rings. The molecule has 1 saturated carbocycles. The molecule has 0 heterocycles. The van der Waals surface area contributed by atoms with Crippen molar-refractivity contribution in [3.8, 4) is 0 Å². The molecule has 0 saturated heterocycles. The lowest BCUT2D eigenvalue weighted by atomic mass is 10.1. The van der Waals surface area contributed by atoms with E-state index in [2.05, 4.69) is 4.72 Å². The Labute approximate surface area is 125 Å². The molecule has 2 atom stereocenters. The summed E-state index contributed by atoms with van der Waals surface area (Å²) < 4.78 is 27.8. The Balaban J connectivity index is 2.22. The van der Waals surface area contributed by atoms with E-state index in [4.69, 9.17) is 5.11 Å². The number of aryl methyl sites for hydroxylation is 3. The lowest BCUT2D eigenvalue weighted by Gasteiger charge is -2.16. The van der Waals surface area contributed by atoms with Gasteiger partial charge in [-0.15, -0.1) is 0 Å². The number of benzene rings is 1. The highest BCUT2D eigenvalue weighted by Gasteiger charge is 2.33. The van der Waals surface area contributed by atoms with E-state index in [-0.39, 0.29) is 6.04 Å². The van der Waals surface area contributed by atoms with E-state index >= 15 is 0 Å². The lowest BCUT2D eigenvalue weighted by molar-refractivity contribution is -0.141. The van der Waals surface area contributed by atoms with Crippen LogP contribution in [-0.2, 0) is 14.8 Å². The summed E-state index contributed by atoms with van der Waals surface area (Å²) in [6, 6.07) is 3.39.